The van der Waals surface area contributed by atoms with Gasteiger partial charge in [0, 0.05) is 25.9 Å². The quantitative estimate of drug-likeness (QED) is 0.0535. The number of esters is 1. The minimum Gasteiger partial charge on any atom is -0.458 e. The maximum atomic E-state index is 16.1. The van der Waals surface area contributed by atoms with E-state index in [-0.39, 0.29) is 13.2 Å². The number of carbonyl (C=O) groups excluding carboxylic acids is 4. The van der Waals surface area contributed by atoms with Crippen LogP contribution in [0.5, 0.6) is 0 Å². The summed E-state index contributed by atoms with van der Waals surface area (Å²) in [7, 11) is -1.18. The number of carbonyl (C=O) groups is 4. The molecule has 22 nitrogen and oxygen atoms in total. The number of fused-ring (bicyclic) bond motifs is 2. The first-order valence-electron chi connectivity index (χ1n) is 26.4. The van der Waals surface area contributed by atoms with Crippen molar-refractivity contribution in [2.45, 2.75) is 224 Å². The summed E-state index contributed by atoms with van der Waals surface area (Å²) in [5.41, 5.74) is -2.71. The molecule has 12 atom stereocenters. The predicted octanol–water partition coefficient (Wildman–Crippen LogP) is 5.93. The van der Waals surface area contributed by atoms with Crippen molar-refractivity contribution in [3.63, 3.8) is 0 Å². The van der Waals surface area contributed by atoms with Gasteiger partial charge in [0.2, 0.25) is 5.91 Å². The summed E-state index contributed by atoms with van der Waals surface area (Å²) in [6, 6.07) is 8.72. The number of amides is 3. The fourth-order valence-corrected chi connectivity index (χ4v) is 12.8. The highest BCUT2D eigenvalue weighted by Crippen LogP contribution is 2.47. The molecule has 1 aromatic heterocycles. The number of hydrogen-bond acceptors (Lipinski definition) is 17. The Labute approximate surface area is 446 Å². The Hall–Kier alpha value is -4.98. The van der Waals surface area contributed by atoms with Crippen molar-refractivity contribution in [3.8, 4) is 0 Å². The van der Waals surface area contributed by atoms with E-state index in [0.717, 1.165) is 15.5 Å². The summed E-state index contributed by atoms with van der Waals surface area (Å²) in [5, 5.41) is 5.52. The van der Waals surface area contributed by atoms with Crippen LogP contribution >= 0.6 is 0 Å². The van der Waals surface area contributed by atoms with E-state index in [0.29, 0.717) is 36.5 Å². The van der Waals surface area contributed by atoms with Gasteiger partial charge in [-0.1, -0.05) is 71.0 Å². The number of aromatic nitrogens is 2. The summed E-state index contributed by atoms with van der Waals surface area (Å²) >= 11 is 0. The van der Waals surface area contributed by atoms with Crippen LogP contribution in [0.2, 0.25) is 18.1 Å². The van der Waals surface area contributed by atoms with E-state index in [9.17, 15) is 24.0 Å². The second-order valence-corrected chi connectivity index (χ2v) is 26.8. The number of likely N-dealkylation sites (N-methyl/N-ethyl adjacent to an activating group) is 1. The predicted molar refractivity (Wildman–Crippen MR) is 278 cm³/mol. The van der Waals surface area contributed by atoms with Crippen LogP contribution in [0, 0.1) is 0 Å². The molecule has 4 aliphatic rings. The van der Waals surface area contributed by atoms with Crippen LogP contribution in [0.25, 0.3) is 0 Å². The first kappa shape index (κ1) is 60.2. The zero-order valence-corrected chi connectivity index (χ0v) is 47.5. The normalized spacial score (nSPS) is 26.3. The topological polar surface area (TPSA) is 252 Å². The van der Waals surface area contributed by atoms with Crippen molar-refractivity contribution in [3.05, 3.63) is 81.7 Å². The first-order valence-corrected chi connectivity index (χ1v) is 28.9. The summed E-state index contributed by atoms with van der Waals surface area (Å²) in [6.45, 7) is 27.2. The lowest BCUT2D eigenvalue weighted by Gasteiger charge is -2.41. The van der Waals surface area contributed by atoms with Gasteiger partial charge in [-0.25, -0.2) is 19.2 Å². The molecule has 0 aliphatic carbocycles. The monoisotopic (exact) mass is 1090 g/mol. The van der Waals surface area contributed by atoms with Gasteiger partial charge < -0.3 is 67.3 Å². The molecule has 5 heterocycles. The lowest BCUT2D eigenvalue weighted by Crippen LogP contribution is -2.64. The van der Waals surface area contributed by atoms with Gasteiger partial charge >= 0.3 is 23.8 Å². The summed E-state index contributed by atoms with van der Waals surface area (Å²) in [5.74, 6) is -4.18. The molecule has 0 bridgehead atoms. The van der Waals surface area contributed by atoms with Gasteiger partial charge in [-0.15, -0.1) is 6.58 Å². The van der Waals surface area contributed by atoms with Crippen molar-refractivity contribution in [2.24, 2.45) is 0 Å². The number of benzene rings is 1. The van der Waals surface area contributed by atoms with E-state index in [1.165, 1.54) is 19.3 Å². The van der Waals surface area contributed by atoms with Gasteiger partial charge in [0.05, 0.1) is 6.10 Å². The summed E-state index contributed by atoms with van der Waals surface area (Å²) in [6.07, 6.45) is -10.4. The molecule has 4 aliphatic heterocycles. The minimum atomic E-state index is -2.56. The van der Waals surface area contributed by atoms with Crippen LogP contribution < -0.4 is 21.9 Å². The maximum Gasteiger partial charge on any atom is 0.408 e. The second-order valence-electron chi connectivity index (χ2n) is 22.1. The number of nitrogens with one attached hydrogen (secondary N) is 3. The summed E-state index contributed by atoms with van der Waals surface area (Å²) in [4.78, 5) is 87.6. The van der Waals surface area contributed by atoms with Crippen LogP contribution in [-0.2, 0) is 68.0 Å². The highest BCUT2D eigenvalue weighted by molar-refractivity contribution is 6.73. The van der Waals surface area contributed by atoms with Gasteiger partial charge in [0.1, 0.15) is 66.6 Å². The maximum absolute atomic E-state index is 16.1. The molecule has 3 N–H and O–H groups in total. The molecule has 4 fully saturated rings. The third-order valence-electron chi connectivity index (χ3n) is 14.1. The van der Waals surface area contributed by atoms with Gasteiger partial charge in [0.25, 0.3) is 5.56 Å². The third kappa shape index (κ3) is 14.2. The number of H-pyrrole nitrogens is 1. The largest absolute Gasteiger partial charge is 0.458 e. The van der Waals surface area contributed by atoms with E-state index in [2.05, 4.69) is 22.2 Å². The Morgan fingerprint density at radius 2 is 1.46 bits per heavy atom. The highest BCUT2D eigenvalue weighted by Gasteiger charge is 2.64. The number of alkyl carbamates (subject to hydrolysis) is 2. The first-order chi connectivity index (χ1) is 35.6. The molecule has 1 aromatic carbocycles. The lowest BCUT2D eigenvalue weighted by atomic mass is 9.97. The standard InChI is InChI=1S/C53H81N5O17Si/c1-16-32(75-76(19-4,20-5)21-6)36(45(61)73-50(7,8)9)57(15)43(60)35(56-49(64)65-30-31-25-23-22-24-26-31)38(39-40-41(70-52(13,14)69-40)44(67-39)58-28-27-34(59)55-47(58)62)68-46-42-37(71-53(17-2,18-3)72-42)33(66-46)29-54-48(63)74-51(10,11)12/h16,22-28,32-33,35-42,44,46H,1,17-21,29-30H2,2-15H3,(H,54,63)(H,56,64)(H,55,59,62)/t32-,33+,35-,36-,37+,38-,39+,40+,41+,42+,44+,46-/m0/s1. The van der Waals surface area contributed by atoms with Gasteiger partial charge in [0.15, 0.2) is 38.5 Å². The molecule has 0 spiro atoms. The zero-order chi connectivity index (χ0) is 56.1. The fourth-order valence-electron chi connectivity index (χ4n) is 10.00. The van der Waals surface area contributed by atoms with Crippen molar-refractivity contribution in [2.75, 3.05) is 13.6 Å². The molecule has 424 valence electrons. The molecular formula is C53H81N5O17Si. The number of ether oxygens (including phenoxy) is 10. The molecule has 3 amide bonds. The molecular weight excluding hydrogens is 1010 g/mol. The van der Waals surface area contributed by atoms with Gasteiger partial charge in [-0.3, -0.25) is 19.1 Å². The number of aromatic amines is 1. The van der Waals surface area contributed by atoms with E-state index < -0.39 is 140 Å². The van der Waals surface area contributed by atoms with E-state index >= 15 is 4.79 Å². The number of rotatable bonds is 22. The minimum absolute atomic E-state index is 0.131. The molecule has 4 saturated heterocycles. The highest BCUT2D eigenvalue weighted by atomic mass is 28.4. The average molecular weight is 1090 g/mol. The second kappa shape index (κ2) is 24.4. The smallest absolute Gasteiger partial charge is 0.408 e. The van der Waals surface area contributed by atoms with E-state index in [1.807, 2.05) is 40.7 Å². The van der Waals surface area contributed by atoms with E-state index in [4.69, 9.17) is 51.8 Å². The van der Waals surface area contributed by atoms with Crippen LogP contribution in [-0.4, -0.2) is 150 Å². The van der Waals surface area contributed by atoms with Crippen LogP contribution in [0.4, 0.5) is 9.59 Å². The van der Waals surface area contributed by atoms with Crippen LogP contribution in [0.1, 0.15) is 115 Å². The van der Waals surface area contributed by atoms with Crippen molar-refractivity contribution in [1.82, 2.24) is 25.1 Å². The lowest BCUT2D eigenvalue weighted by molar-refractivity contribution is -0.275. The van der Waals surface area contributed by atoms with Crippen LogP contribution in [0.3, 0.4) is 0 Å². The van der Waals surface area contributed by atoms with Crippen molar-refractivity contribution >= 4 is 32.4 Å². The Kier molecular flexibility index (Phi) is 19.3. The Balaban J connectivity index is 1.53. The molecule has 23 heteroatoms. The Morgan fingerprint density at radius 3 is 2.04 bits per heavy atom. The Bertz CT molecular complexity index is 2440. The third-order valence-corrected chi connectivity index (χ3v) is 18.7. The van der Waals surface area contributed by atoms with Crippen molar-refractivity contribution in [1.29, 1.82) is 0 Å². The molecule has 0 unspecified atom stereocenters. The number of hydrogen-bond donors (Lipinski definition) is 3. The Morgan fingerprint density at radius 1 is 0.842 bits per heavy atom. The number of nitrogens with zero attached hydrogens (tertiary/aromatic N) is 2. The molecule has 6 rings (SSSR count). The summed E-state index contributed by atoms with van der Waals surface area (Å²) < 4.78 is 72.3. The SMILES string of the molecule is C=C[C@H](O[Si](CC)(CC)CC)[C@@H](C(=O)OC(C)(C)C)N(C)C(=O)[C@@H](NC(=O)OCc1ccccc1)[C@H](O[C@@H]1O[C@H](CNC(=O)OC(C)(C)C)[C@H]2OC(CC)(CC)O[C@@H]12)[C@H]1O[C@@H](n2ccc(=O)[nH]c2=O)[C@@H]2OC(C)(C)O[C@H]12. The van der Waals surface area contributed by atoms with Gasteiger partial charge in [-0.2, -0.15) is 0 Å². The molecule has 0 radical (unpaired) electrons. The van der Waals surface area contributed by atoms with E-state index in [1.54, 1.807) is 79.7 Å². The molecule has 76 heavy (non-hydrogen) atoms. The average Bonchev–Trinajstić information content (AvgIpc) is 4.09. The molecule has 0 saturated carbocycles. The van der Waals surface area contributed by atoms with Gasteiger partial charge in [-0.05, 0) is 91.9 Å². The molecule has 2 aromatic rings. The van der Waals surface area contributed by atoms with Crippen molar-refractivity contribution < 1.29 is 71.0 Å². The zero-order valence-electron chi connectivity index (χ0n) is 46.5. The fraction of sp³-hybridized carbons (Fsp3) is 0.698. The van der Waals surface area contributed by atoms with Crippen LogP contribution in [0.15, 0.2) is 64.8 Å².